The Balaban J connectivity index is 2.18. The summed E-state index contributed by atoms with van der Waals surface area (Å²) in [4.78, 5) is 12.8. The molecule has 1 aromatic carbocycles. The Hall–Kier alpha value is -1.15. The third-order valence-corrected chi connectivity index (χ3v) is 4.67. The van der Waals surface area contributed by atoms with Crippen molar-refractivity contribution in [3.8, 4) is 0 Å². The summed E-state index contributed by atoms with van der Waals surface area (Å²) < 4.78 is 5.71. The highest BCUT2D eigenvalue weighted by molar-refractivity contribution is 5.89. The Labute approximate surface area is 122 Å². The first kappa shape index (κ1) is 15.2. The molecule has 1 aliphatic rings. The lowest BCUT2D eigenvalue weighted by Crippen LogP contribution is -2.41. The molecule has 0 heterocycles. The van der Waals surface area contributed by atoms with Crippen LogP contribution in [0, 0.1) is 13.8 Å². The maximum atomic E-state index is 12.8. The Morgan fingerprint density at radius 1 is 1.15 bits per heavy atom. The van der Waals surface area contributed by atoms with Gasteiger partial charge in [0.05, 0.1) is 0 Å². The van der Waals surface area contributed by atoms with E-state index in [2.05, 4.69) is 32.0 Å². The van der Waals surface area contributed by atoms with Crippen molar-refractivity contribution in [2.24, 2.45) is 0 Å². The highest BCUT2D eigenvalue weighted by atomic mass is 16.5. The van der Waals surface area contributed by atoms with Crippen molar-refractivity contribution in [1.29, 1.82) is 0 Å². The Morgan fingerprint density at radius 2 is 1.80 bits per heavy atom. The number of hydrogen-bond donors (Lipinski definition) is 0. The summed E-state index contributed by atoms with van der Waals surface area (Å²) in [6, 6.07) is 6.33. The zero-order valence-corrected chi connectivity index (χ0v) is 13.0. The van der Waals surface area contributed by atoms with Crippen molar-refractivity contribution in [3.05, 3.63) is 34.9 Å². The number of carbonyl (C=O) groups excluding carboxylic acids is 1. The van der Waals surface area contributed by atoms with E-state index in [4.69, 9.17) is 4.74 Å². The van der Waals surface area contributed by atoms with Crippen LogP contribution in [0.25, 0.3) is 0 Å². The van der Waals surface area contributed by atoms with Crippen molar-refractivity contribution in [2.75, 3.05) is 7.11 Å². The van der Waals surface area contributed by atoms with Crippen molar-refractivity contribution in [2.45, 2.75) is 64.4 Å². The van der Waals surface area contributed by atoms with Gasteiger partial charge in [-0.05, 0) is 37.8 Å². The lowest BCUT2D eigenvalue weighted by atomic mass is 9.85. The van der Waals surface area contributed by atoms with Crippen LogP contribution in [0.3, 0.4) is 0 Å². The van der Waals surface area contributed by atoms with Gasteiger partial charge in [-0.3, -0.25) is 4.79 Å². The van der Waals surface area contributed by atoms with E-state index in [0.29, 0.717) is 6.42 Å². The number of ether oxygens (including phenoxy) is 1. The second-order valence-electron chi connectivity index (χ2n) is 6.14. The van der Waals surface area contributed by atoms with E-state index in [1.54, 1.807) is 7.11 Å². The van der Waals surface area contributed by atoms with E-state index in [1.165, 1.54) is 24.0 Å². The molecule has 0 atom stereocenters. The fourth-order valence-electron chi connectivity index (χ4n) is 3.22. The number of Topliss-reactive ketones (excluding diaryl/α,β-unsaturated/α-hetero) is 1. The molecule has 20 heavy (non-hydrogen) atoms. The summed E-state index contributed by atoms with van der Waals surface area (Å²) in [5.41, 5.74) is 3.03. The minimum absolute atomic E-state index is 0.260. The first-order valence-electron chi connectivity index (χ1n) is 7.72. The van der Waals surface area contributed by atoms with Gasteiger partial charge in [0.2, 0.25) is 0 Å². The number of hydrogen-bond acceptors (Lipinski definition) is 2. The maximum absolute atomic E-state index is 12.8. The zero-order valence-electron chi connectivity index (χ0n) is 13.0. The largest absolute Gasteiger partial charge is 0.370 e. The fourth-order valence-corrected chi connectivity index (χ4v) is 3.22. The van der Waals surface area contributed by atoms with Crippen LogP contribution < -0.4 is 0 Å². The summed E-state index contributed by atoms with van der Waals surface area (Å²) in [7, 11) is 1.70. The van der Waals surface area contributed by atoms with E-state index >= 15 is 0 Å². The molecule has 110 valence electrons. The van der Waals surface area contributed by atoms with E-state index in [9.17, 15) is 4.79 Å². The second kappa shape index (κ2) is 6.53. The van der Waals surface area contributed by atoms with E-state index in [-0.39, 0.29) is 5.78 Å². The smallest absolute Gasteiger partial charge is 0.168 e. The molecular formula is C18H26O2. The third-order valence-electron chi connectivity index (χ3n) is 4.67. The topological polar surface area (TPSA) is 26.3 Å². The molecule has 0 bridgehead atoms. The third kappa shape index (κ3) is 3.29. The number of benzene rings is 1. The maximum Gasteiger partial charge on any atom is 0.168 e. The molecule has 2 heteroatoms. The molecule has 0 unspecified atom stereocenters. The molecular weight excluding hydrogens is 248 g/mol. The van der Waals surface area contributed by atoms with Crippen LogP contribution in [0.2, 0.25) is 0 Å². The van der Waals surface area contributed by atoms with Gasteiger partial charge in [0.1, 0.15) is 5.60 Å². The average Bonchev–Trinajstić information content (AvgIpc) is 2.69. The van der Waals surface area contributed by atoms with Gasteiger partial charge in [-0.25, -0.2) is 0 Å². The molecule has 0 aromatic heterocycles. The molecule has 1 aliphatic carbocycles. The Morgan fingerprint density at radius 3 is 2.40 bits per heavy atom. The number of aryl methyl sites for hydroxylation is 2. The van der Waals surface area contributed by atoms with Gasteiger partial charge >= 0.3 is 0 Å². The summed E-state index contributed by atoms with van der Waals surface area (Å²) in [6.45, 7) is 4.15. The normalized spacial score (nSPS) is 18.6. The van der Waals surface area contributed by atoms with Crippen LogP contribution in [0.15, 0.2) is 18.2 Å². The number of rotatable bonds is 4. The van der Waals surface area contributed by atoms with Gasteiger partial charge in [-0.1, -0.05) is 49.4 Å². The zero-order chi connectivity index (χ0) is 14.6. The van der Waals surface area contributed by atoms with Crippen molar-refractivity contribution < 1.29 is 9.53 Å². The lowest BCUT2D eigenvalue weighted by molar-refractivity contribution is -0.142. The second-order valence-corrected chi connectivity index (χ2v) is 6.14. The van der Waals surface area contributed by atoms with Gasteiger partial charge < -0.3 is 4.74 Å². The summed E-state index contributed by atoms with van der Waals surface area (Å²) in [5.74, 6) is 0.260. The molecule has 0 saturated heterocycles. The number of ketones is 1. The minimum atomic E-state index is -0.535. The predicted octanol–water partition coefficient (Wildman–Crippen LogP) is 4.15. The molecule has 0 spiro atoms. The standard InChI is InChI=1S/C18H26O2/c1-14-8-9-15(2)16(12-14)13-17(19)18(20-3)10-6-4-5-7-11-18/h8-9,12H,4-7,10-11,13H2,1-3H3. The molecule has 1 saturated carbocycles. The van der Waals surface area contributed by atoms with E-state index in [1.807, 2.05) is 0 Å². The van der Waals surface area contributed by atoms with Crippen molar-refractivity contribution >= 4 is 5.78 Å². The lowest BCUT2D eigenvalue weighted by Gasteiger charge is -2.30. The van der Waals surface area contributed by atoms with E-state index in [0.717, 1.165) is 31.2 Å². The van der Waals surface area contributed by atoms with Crippen molar-refractivity contribution in [3.63, 3.8) is 0 Å². The number of methoxy groups -OCH3 is 1. The number of carbonyl (C=O) groups is 1. The first-order chi connectivity index (χ1) is 9.57. The Kier molecular flexibility index (Phi) is 4.98. The molecule has 2 rings (SSSR count). The van der Waals surface area contributed by atoms with Crippen LogP contribution in [-0.4, -0.2) is 18.5 Å². The predicted molar refractivity (Wildman–Crippen MR) is 82.1 cm³/mol. The summed E-state index contributed by atoms with van der Waals surface area (Å²) in [5, 5.41) is 0. The first-order valence-corrected chi connectivity index (χ1v) is 7.72. The summed E-state index contributed by atoms with van der Waals surface area (Å²) in [6.07, 6.45) is 6.92. The van der Waals surface area contributed by atoms with Gasteiger partial charge in [-0.2, -0.15) is 0 Å². The molecule has 0 N–H and O–H groups in total. The highest BCUT2D eigenvalue weighted by Crippen LogP contribution is 2.32. The minimum Gasteiger partial charge on any atom is -0.370 e. The van der Waals surface area contributed by atoms with Gasteiger partial charge in [0.15, 0.2) is 5.78 Å². The van der Waals surface area contributed by atoms with Crippen LogP contribution in [-0.2, 0) is 16.0 Å². The van der Waals surface area contributed by atoms with Gasteiger partial charge in [0.25, 0.3) is 0 Å². The van der Waals surface area contributed by atoms with Crippen LogP contribution in [0.4, 0.5) is 0 Å². The van der Waals surface area contributed by atoms with Crippen molar-refractivity contribution in [1.82, 2.24) is 0 Å². The SMILES string of the molecule is COC1(C(=O)Cc2cc(C)ccc2C)CCCCCC1. The van der Waals surface area contributed by atoms with Gasteiger partial charge in [-0.15, -0.1) is 0 Å². The van der Waals surface area contributed by atoms with Crippen LogP contribution >= 0.6 is 0 Å². The summed E-state index contributed by atoms with van der Waals surface area (Å²) >= 11 is 0. The molecule has 0 amide bonds. The molecule has 2 nitrogen and oxygen atoms in total. The van der Waals surface area contributed by atoms with Gasteiger partial charge in [0, 0.05) is 13.5 Å². The fraction of sp³-hybridized carbons (Fsp3) is 0.611. The van der Waals surface area contributed by atoms with E-state index < -0.39 is 5.60 Å². The monoisotopic (exact) mass is 274 g/mol. The highest BCUT2D eigenvalue weighted by Gasteiger charge is 2.38. The quantitative estimate of drug-likeness (QED) is 0.771. The van der Waals surface area contributed by atoms with Crippen LogP contribution in [0.1, 0.15) is 55.2 Å². The van der Waals surface area contributed by atoms with Crippen LogP contribution in [0.5, 0.6) is 0 Å². The molecule has 0 radical (unpaired) electrons. The molecule has 1 aromatic rings. The molecule has 0 aliphatic heterocycles. The molecule has 1 fully saturated rings. The Bertz CT molecular complexity index is 468. The average molecular weight is 274 g/mol.